The lowest BCUT2D eigenvalue weighted by molar-refractivity contribution is -0.157. The molecule has 0 saturated heterocycles. The molecule has 1 aliphatic carbocycles. The Kier molecular flexibility index (Phi) is 9.01. The van der Waals surface area contributed by atoms with Crippen LogP contribution in [0.3, 0.4) is 0 Å². The molecule has 3 aromatic rings. The molecule has 1 saturated carbocycles. The molecule has 0 spiro atoms. The Labute approximate surface area is 238 Å². The number of benzene rings is 3. The van der Waals surface area contributed by atoms with Crippen LogP contribution in [0.1, 0.15) is 29.3 Å². The summed E-state index contributed by atoms with van der Waals surface area (Å²) in [6, 6.07) is 16.9. The summed E-state index contributed by atoms with van der Waals surface area (Å²) >= 11 is 12.2. The second kappa shape index (κ2) is 12.4. The standard InChI is InChI=1S/C28H25Cl2NO9/c1-14(31-25(32)19-13-23(39-27(34)35)24(19)40-28(36)37)22(11-15-6-9-20(29)21(30)10-15)38-26(33)18-8-7-16-4-2-3-5-17(16)12-18/h2-10,12,14,19,22-24H,11,13H2,1H3,(H,31,32)(H,34,35)(H,36,37)/t14-,19+,22+,23+,24-/m0/s1. The fourth-order valence-corrected chi connectivity index (χ4v) is 4.84. The Morgan fingerprint density at radius 2 is 1.62 bits per heavy atom. The average molecular weight is 590 g/mol. The van der Waals surface area contributed by atoms with Crippen LogP contribution < -0.4 is 5.32 Å². The molecule has 10 nitrogen and oxygen atoms in total. The summed E-state index contributed by atoms with van der Waals surface area (Å²) in [4.78, 5) is 48.2. The first-order valence-corrected chi connectivity index (χ1v) is 13.0. The largest absolute Gasteiger partial charge is 0.506 e. The number of fused-ring (bicyclic) bond motifs is 1. The van der Waals surface area contributed by atoms with E-state index in [0.717, 1.165) is 10.8 Å². The lowest BCUT2D eigenvalue weighted by Gasteiger charge is -2.41. The highest BCUT2D eigenvalue weighted by Gasteiger charge is 2.51. The van der Waals surface area contributed by atoms with Crippen molar-refractivity contribution >= 4 is 58.2 Å². The van der Waals surface area contributed by atoms with Gasteiger partial charge in [-0.1, -0.05) is 59.6 Å². The molecule has 0 unspecified atom stereocenters. The first kappa shape index (κ1) is 29.0. The van der Waals surface area contributed by atoms with Crippen LogP contribution in [0.4, 0.5) is 9.59 Å². The van der Waals surface area contributed by atoms with Crippen molar-refractivity contribution in [1.82, 2.24) is 5.32 Å². The van der Waals surface area contributed by atoms with E-state index in [4.69, 9.17) is 42.9 Å². The highest BCUT2D eigenvalue weighted by molar-refractivity contribution is 6.42. The van der Waals surface area contributed by atoms with Crippen molar-refractivity contribution in [2.24, 2.45) is 5.92 Å². The molecule has 210 valence electrons. The molecule has 5 atom stereocenters. The first-order valence-electron chi connectivity index (χ1n) is 12.2. The van der Waals surface area contributed by atoms with Crippen molar-refractivity contribution in [1.29, 1.82) is 0 Å². The van der Waals surface area contributed by atoms with E-state index >= 15 is 0 Å². The van der Waals surface area contributed by atoms with E-state index in [0.29, 0.717) is 21.2 Å². The van der Waals surface area contributed by atoms with Crippen LogP contribution in [-0.2, 0) is 25.4 Å². The van der Waals surface area contributed by atoms with Crippen molar-refractivity contribution < 1.29 is 43.6 Å². The van der Waals surface area contributed by atoms with E-state index in [1.165, 1.54) is 0 Å². The number of halogens is 2. The van der Waals surface area contributed by atoms with E-state index in [1.54, 1.807) is 43.3 Å². The third kappa shape index (κ3) is 6.94. The Morgan fingerprint density at radius 3 is 2.30 bits per heavy atom. The molecular formula is C28H25Cl2NO9. The van der Waals surface area contributed by atoms with Gasteiger partial charge in [0.05, 0.1) is 27.6 Å². The summed E-state index contributed by atoms with van der Waals surface area (Å²) in [7, 11) is 0. The minimum absolute atomic E-state index is 0.0723. The minimum atomic E-state index is -1.67. The molecule has 0 heterocycles. The predicted molar refractivity (Wildman–Crippen MR) is 145 cm³/mol. The number of carboxylic acid groups (broad SMARTS) is 2. The number of carbonyl (C=O) groups excluding carboxylic acids is 2. The molecule has 1 amide bonds. The molecular weight excluding hydrogens is 565 g/mol. The summed E-state index contributed by atoms with van der Waals surface area (Å²) in [5.74, 6) is -2.21. The summed E-state index contributed by atoms with van der Waals surface area (Å²) in [5, 5.41) is 23.1. The number of hydrogen-bond acceptors (Lipinski definition) is 7. The monoisotopic (exact) mass is 589 g/mol. The molecule has 1 aliphatic rings. The number of nitrogens with one attached hydrogen (secondary N) is 1. The van der Waals surface area contributed by atoms with Crippen LogP contribution in [-0.4, -0.2) is 58.8 Å². The van der Waals surface area contributed by atoms with Gasteiger partial charge in [0.1, 0.15) is 12.2 Å². The van der Waals surface area contributed by atoms with E-state index in [-0.39, 0.29) is 12.8 Å². The number of ether oxygens (including phenoxy) is 3. The Morgan fingerprint density at radius 1 is 0.925 bits per heavy atom. The third-order valence-corrected chi connectivity index (χ3v) is 7.41. The van der Waals surface area contributed by atoms with Crippen molar-refractivity contribution in [3.8, 4) is 0 Å². The summed E-state index contributed by atoms with van der Waals surface area (Å²) in [6.45, 7) is 1.63. The van der Waals surface area contributed by atoms with Crippen LogP contribution in [0.25, 0.3) is 10.8 Å². The Hall–Kier alpha value is -4.02. The zero-order valence-electron chi connectivity index (χ0n) is 21.1. The van der Waals surface area contributed by atoms with E-state index < -0.39 is 54.5 Å². The van der Waals surface area contributed by atoms with Crippen molar-refractivity contribution in [3.05, 3.63) is 81.8 Å². The lowest BCUT2D eigenvalue weighted by atomic mass is 9.77. The zero-order chi connectivity index (χ0) is 29.0. The molecule has 3 aromatic carbocycles. The topological polar surface area (TPSA) is 148 Å². The third-order valence-electron chi connectivity index (χ3n) is 6.67. The molecule has 40 heavy (non-hydrogen) atoms. The fourth-order valence-electron chi connectivity index (χ4n) is 4.52. The second-order valence-electron chi connectivity index (χ2n) is 9.37. The molecule has 1 fully saturated rings. The summed E-state index contributed by atoms with van der Waals surface area (Å²) in [5.41, 5.74) is 1.01. The van der Waals surface area contributed by atoms with E-state index in [1.807, 2.05) is 24.3 Å². The van der Waals surface area contributed by atoms with Gasteiger partial charge in [-0.3, -0.25) is 4.79 Å². The van der Waals surface area contributed by atoms with Crippen LogP contribution in [0, 0.1) is 5.92 Å². The van der Waals surface area contributed by atoms with Gasteiger partial charge >= 0.3 is 18.3 Å². The number of rotatable bonds is 9. The van der Waals surface area contributed by atoms with Gasteiger partial charge < -0.3 is 29.7 Å². The fraction of sp³-hybridized carbons (Fsp3) is 0.286. The number of hydrogen-bond donors (Lipinski definition) is 3. The molecule has 0 bridgehead atoms. The molecule has 0 aromatic heterocycles. The van der Waals surface area contributed by atoms with Crippen molar-refractivity contribution in [2.75, 3.05) is 0 Å². The quantitative estimate of drug-likeness (QED) is 0.215. The second-order valence-corrected chi connectivity index (χ2v) is 10.2. The summed E-state index contributed by atoms with van der Waals surface area (Å²) in [6.07, 6.45) is -6.48. The maximum Gasteiger partial charge on any atom is 0.506 e. The predicted octanol–water partition coefficient (Wildman–Crippen LogP) is 5.57. The van der Waals surface area contributed by atoms with Gasteiger partial charge in [0.2, 0.25) is 5.91 Å². The Bertz CT molecular complexity index is 1450. The molecule has 0 radical (unpaired) electrons. The van der Waals surface area contributed by atoms with Gasteiger partial charge in [-0.2, -0.15) is 0 Å². The van der Waals surface area contributed by atoms with Gasteiger partial charge in [-0.05, 0) is 47.5 Å². The molecule has 4 rings (SSSR count). The van der Waals surface area contributed by atoms with Gasteiger partial charge in [0, 0.05) is 12.8 Å². The summed E-state index contributed by atoms with van der Waals surface area (Å²) < 4.78 is 15.2. The first-order chi connectivity index (χ1) is 19.0. The van der Waals surface area contributed by atoms with Crippen LogP contribution in [0.5, 0.6) is 0 Å². The van der Waals surface area contributed by atoms with Gasteiger partial charge in [-0.15, -0.1) is 0 Å². The SMILES string of the molecule is C[C@H](NC(=O)[C@@H]1C[C@@H](OC(=O)O)[C@H]1OC(=O)O)[C@@H](Cc1ccc(Cl)c(Cl)c1)OC(=O)c1ccc2ccccc2c1. The molecule has 3 N–H and O–H groups in total. The zero-order valence-corrected chi connectivity index (χ0v) is 22.6. The van der Waals surface area contributed by atoms with E-state index in [9.17, 15) is 19.2 Å². The van der Waals surface area contributed by atoms with Gasteiger partial charge in [-0.25, -0.2) is 14.4 Å². The Balaban J connectivity index is 1.52. The maximum atomic E-state index is 13.2. The van der Waals surface area contributed by atoms with Crippen molar-refractivity contribution in [3.63, 3.8) is 0 Å². The highest BCUT2D eigenvalue weighted by Crippen LogP contribution is 2.34. The van der Waals surface area contributed by atoms with Crippen LogP contribution >= 0.6 is 23.2 Å². The normalized spacial score (nSPS) is 19.5. The van der Waals surface area contributed by atoms with Crippen LogP contribution in [0.15, 0.2) is 60.7 Å². The number of esters is 1. The van der Waals surface area contributed by atoms with Crippen LogP contribution in [0.2, 0.25) is 10.0 Å². The number of carbonyl (C=O) groups is 4. The van der Waals surface area contributed by atoms with Gasteiger partial charge in [0.15, 0.2) is 6.10 Å². The van der Waals surface area contributed by atoms with E-state index in [2.05, 4.69) is 10.1 Å². The smallest absolute Gasteiger partial charge is 0.456 e. The lowest BCUT2D eigenvalue weighted by Crippen LogP contribution is -2.59. The maximum absolute atomic E-state index is 13.2. The molecule has 0 aliphatic heterocycles. The molecule has 12 heteroatoms. The minimum Gasteiger partial charge on any atom is -0.456 e. The van der Waals surface area contributed by atoms with Crippen molar-refractivity contribution in [2.45, 2.75) is 44.1 Å². The number of amides is 1. The van der Waals surface area contributed by atoms with Gasteiger partial charge in [0.25, 0.3) is 0 Å². The average Bonchev–Trinajstić information content (AvgIpc) is 2.90. The highest BCUT2D eigenvalue weighted by atomic mass is 35.5.